The predicted molar refractivity (Wildman–Crippen MR) is 62.0 cm³/mol. The highest BCUT2D eigenvalue weighted by molar-refractivity contribution is 5.72. The van der Waals surface area contributed by atoms with E-state index in [9.17, 15) is 4.79 Å². The number of aliphatic carboxylic acids is 1. The molecule has 1 saturated heterocycles. The summed E-state index contributed by atoms with van der Waals surface area (Å²) in [5.74, 6) is -0.350. The minimum absolute atomic E-state index is 0.0822. The Morgan fingerprint density at radius 2 is 2.06 bits per heavy atom. The van der Waals surface area contributed by atoms with E-state index in [1.54, 1.807) is 0 Å². The van der Waals surface area contributed by atoms with Crippen molar-refractivity contribution in [1.29, 1.82) is 0 Å². The van der Waals surface area contributed by atoms with Gasteiger partial charge in [0.1, 0.15) is 0 Å². The maximum atomic E-state index is 10.6. The van der Waals surface area contributed by atoms with Gasteiger partial charge < -0.3 is 19.3 Å². The maximum Gasteiger partial charge on any atom is 0.332 e. The third-order valence-corrected chi connectivity index (χ3v) is 2.51. The van der Waals surface area contributed by atoms with E-state index in [-0.39, 0.29) is 6.10 Å². The van der Waals surface area contributed by atoms with Crippen molar-refractivity contribution in [3.05, 3.63) is 0 Å². The zero-order valence-electron chi connectivity index (χ0n) is 10.6. The Kier molecular flexibility index (Phi) is 6.47. The Hall–Kier alpha value is -0.650. The Bertz CT molecular complexity index is 229. The molecule has 2 atom stereocenters. The molecule has 0 aromatic rings. The minimum Gasteiger partial charge on any atom is -0.479 e. The first kappa shape index (κ1) is 14.4. The first-order valence-electron chi connectivity index (χ1n) is 6.13. The Morgan fingerprint density at radius 3 is 2.65 bits per heavy atom. The third kappa shape index (κ3) is 6.00. The molecule has 5 heteroatoms. The molecule has 1 aliphatic heterocycles. The van der Waals surface area contributed by atoms with Crippen LogP contribution in [0.3, 0.4) is 0 Å². The molecule has 2 unspecified atom stereocenters. The lowest BCUT2D eigenvalue weighted by atomic mass is 10.2. The fraction of sp³-hybridized carbons (Fsp3) is 0.917. The van der Waals surface area contributed by atoms with Crippen molar-refractivity contribution in [2.24, 2.45) is 5.92 Å². The summed E-state index contributed by atoms with van der Waals surface area (Å²) in [6.07, 6.45) is 0.596. The second-order valence-corrected chi connectivity index (χ2v) is 4.71. The SMILES string of the molecule is CC(C)COCCOCC1CCC(C(=O)O)O1. The van der Waals surface area contributed by atoms with Crippen LogP contribution in [0.2, 0.25) is 0 Å². The molecule has 17 heavy (non-hydrogen) atoms. The maximum absolute atomic E-state index is 10.6. The second-order valence-electron chi connectivity index (χ2n) is 4.71. The van der Waals surface area contributed by atoms with Gasteiger partial charge in [0.15, 0.2) is 6.10 Å². The molecule has 0 aliphatic carbocycles. The molecule has 1 rings (SSSR count). The molecule has 0 radical (unpaired) electrons. The number of hydrogen-bond acceptors (Lipinski definition) is 4. The average Bonchev–Trinajstić information content (AvgIpc) is 2.71. The Balaban J connectivity index is 1.95. The summed E-state index contributed by atoms with van der Waals surface area (Å²) >= 11 is 0. The number of rotatable bonds is 8. The highest BCUT2D eigenvalue weighted by Gasteiger charge is 2.30. The van der Waals surface area contributed by atoms with E-state index in [0.717, 1.165) is 13.0 Å². The number of carboxylic acid groups (broad SMARTS) is 1. The highest BCUT2D eigenvalue weighted by atomic mass is 16.6. The van der Waals surface area contributed by atoms with Crippen LogP contribution < -0.4 is 0 Å². The van der Waals surface area contributed by atoms with E-state index in [4.69, 9.17) is 19.3 Å². The molecule has 0 spiro atoms. The lowest BCUT2D eigenvalue weighted by Crippen LogP contribution is -2.23. The van der Waals surface area contributed by atoms with Gasteiger partial charge in [-0.05, 0) is 18.8 Å². The fourth-order valence-corrected chi connectivity index (χ4v) is 1.66. The van der Waals surface area contributed by atoms with Gasteiger partial charge in [-0.25, -0.2) is 4.79 Å². The normalized spacial score (nSPS) is 24.4. The number of carbonyl (C=O) groups is 1. The topological polar surface area (TPSA) is 65.0 Å². The molecule has 1 heterocycles. The second kappa shape index (κ2) is 7.63. The molecule has 0 aromatic carbocycles. The van der Waals surface area contributed by atoms with Crippen LogP contribution >= 0.6 is 0 Å². The molecule has 0 aromatic heterocycles. The quantitative estimate of drug-likeness (QED) is 0.654. The van der Waals surface area contributed by atoms with Crippen LogP contribution in [-0.2, 0) is 19.0 Å². The van der Waals surface area contributed by atoms with Crippen LogP contribution in [0.5, 0.6) is 0 Å². The molecular weight excluding hydrogens is 224 g/mol. The van der Waals surface area contributed by atoms with Gasteiger partial charge in [0.2, 0.25) is 0 Å². The number of carboxylic acids is 1. The Labute approximate surface area is 102 Å². The van der Waals surface area contributed by atoms with Crippen molar-refractivity contribution in [1.82, 2.24) is 0 Å². The van der Waals surface area contributed by atoms with Crippen LogP contribution in [0.4, 0.5) is 0 Å². The third-order valence-electron chi connectivity index (χ3n) is 2.51. The van der Waals surface area contributed by atoms with Crippen molar-refractivity contribution < 1.29 is 24.1 Å². The highest BCUT2D eigenvalue weighted by Crippen LogP contribution is 2.19. The summed E-state index contributed by atoms with van der Waals surface area (Å²) < 4.78 is 16.0. The molecule has 1 fully saturated rings. The summed E-state index contributed by atoms with van der Waals surface area (Å²) in [5, 5.41) is 8.74. The molecule has 5 nitrogen and oxygen atoms in total. The van der Waals surface area contributed by atoms with Gasteiger partial charge in [-0.1, -0.05) is 13.8 Å². The van der Waals surface area contributed by atoms with E-state index in [1.165, 1.54) is 0 Å². The average molecular weight is 246 g/mol. The molecular formula is C12H22O5. The van der Waals surface area contributed by atoms with Gasteiger partial charge >= 0.3 is 5.97 Å². The van der Waals surface area contributed by atoms with Crippen LogP contribution in [0.1, 0.15) is 26.7 Å². The first-order chi connectivity index (χ1) is 8.09. The van der Waals surface area contributed by atoms with Gasteiger partial charge in [-0.3, -0.25) is 0 Å². The largest absolute Gasteiger partial charge is 0.479 e. The van der Waals surface area contributed by atoms with Crippen molar-refractivity contribution in [2.45, 2.75) is 38.9 Å². The van der Waals surface area contributed by atoms with Gasteiger partial charge in [0.25, 0.3) is 0 Å². The standard InChI is InChI=1S/C12H22O5/c1-9(2)7-15-5-6-16-8-10-3-4-11(17-10)12(13)14/h9-11H,3-8H2,1-2H3,(H,13,14). The lowest BCUT2D eigenvalue weighted by molar-refractivity contribution is -0.150. The van der Waals surface area contributed by atoms with E-state index < -0.39 is 12.1 Å². The van der Waals surface area contributed by atoms with Gasteiger partial charge in [0.05, 0.1) is 25.9 Å². The summed E-state index contributed by atoms with van der Waals surface area (Å²) in [5.41, 5.74) is 0. The van der Waals surface area contributed by atoms with E-state index in [0.29, 0.717) is 32.2 Å². The van der Waals surface area contributed by atoms with Crippen molar-refractivity contribution in [3.63, 3.8) is 0 Å². The van der Waals surface area contributed by atoms with Crippen molar-refractivity contribution in [3.8, 4) is 0 Å². The van der Waals surface area contributed by atoms with Crippen LogP contribution in [-0.4, -0.2) is 49.7 Å². The van der Waals surface area contributed by atoms with E-state index >= 15 is 0 Å². The van der Waals surface area contributed by atoms with E-state index in [1.807, 2.05) is 0 Å². The summed E-state index contributed by atoms with van der Waals surface area (Å²) in [6.45, 7) is 6.50. The summed E-state index contributed by atoms with van der Waals surface area (Å²) in [4.78, 5) is 10.6. The van der Waals surface area contributed by atoms with E-state index in [2.05, 4.69) is 13.8 Å². The van der Waals surface area contributed by atoms with Crippen molar-refractivity contribution >= 4 is 5.97 Å². The van der Waals surface area contributed by atoms with Crippen LogP contribution in [0.25, 0.3) is 0 Å². The minimum atomic E-state index is -0.882. The monoisotopic (exact) mass is 246 g/mol. The molecule has 0 amide bonds. The number of ether oxygens (including phenoxy) is 3. The number of hydrogen-bond donors (Lipinski definition) is 1. The smallest absolute Gasteiger partial charge is 0.332 e. The molecule has 1 aliphatic rings. The molecule has 0 saturated carbocycles. The summed E-state index contributed by atoms with van der Waals surface area (Å²) in [7, 11) is 0. The van der Waals surface area contributed by atoms with Crippen LogP contribution in [0.15, 0.2) is 0 Å². The van der Waals surface area contributed by atoms with Gasteiger partial charge in [0, 0.05) is 6.61 Å². The molecule has 100 valence electrons. The van der Waals surface area contributed by atoms with Crippen molar-refractivity contribution in [2.75, 3.05) is 26.4 Å². The predicted octanol–water partition coefficient (Wildman–Crippen LogP) is 1.31. The van der Waals surface area contributed by atoms with Crippen LogP contribution in [0, 0.1) is 5.92 Å². The first-order valence-corrected chi connectivity index (χ1v) is 6.13. The zero-order valence-corrected chi connectivity index (χ0v) is 10.6. The fourth-order valence-electron chi connectivity index (χ4n) is 1.66. The summed E-state index contributed by atoms with van der Waals surface area (Å²) in [6, 6.07) is 0. The Morgan fingerprint density at radius 1 is 1.35 bits per heavy atom. The lowest BCUT2D eigenvalue weighted by Gasteiger charge is -2.12. The van der Waals surface area contributed by atoms with Gasteiger partial charge in [-0.2, -0.15) is 0 Å². The van der Waals surface area contributed by atoms with Gasteiger partial charge in [-0.15, -0.1) is 0 Å². The molecule has 1 N–H and O–H groups in total. The zero-order chi connectivity index (χ0) is 12.7. The molecule has 0 bridgehead atoms.